The first-order valence-electron chi connectivity index (χ1n) is 5.60. The molecule has 0 bridgehead atoms. The van der Waals surface area contributed by atoms with Crippen LogP contribution >= 0.6 is 0 Å². The predicted molar refractivity (Wildman–Crippen MR) is 63.6 cm³/mol. The average Bonchev–Trinajstić information content (AvgIpc) is 2.35. The smallest absolute Gasteiger partial charge is 0.328 e. The lowest BCUT2D eigenvalue weighted by molar-refractivity contribution is -0.152. The lowest BCUT2D eigenvalue weighted by Crippen LogP contribution is -2.26. The molecule has 0 atom stereocenters. The van der Waals surface area contributed by atoms with Crippen molar-refractivity contribution in [2.24, 2.45) is 5.84 Å². The third-order valence-electron chi connectivity index (χ3n) is 2.22. The Hall–Kier alpha value is -1.43. The van der Waals surface area contributed by atoms with Gasteiger partial charge in [0.25, 0.3) is 0 Å². The zero-order chi connectivity index (χ0) is 12.3. The van der Waals surface area contributed by atoms with Crippen molar-refractivity contribution in [3.05, 3.63) is 35.9 Å². The van der Waals surface area contributed by atoms with Gasteiger partial charge in [0, 0.05) is 6.61 Å². The van der Waals surface area contributed by atoms with E-state index in [1.165, 1.54) is 5.56 Å². The van der Waals surface area contributed by atoms with Gasteiger partial charge in [-0.25, -0.2) is 5.84 Å². The van der Waals surface area contributed by atoms with Crippen LogP contribution in [0.5, 0.6) is 0 Å². The third kappa shape index (κ3) is 6.68. The van der Waals surface area contributed by atoms with E-state index in [4.69, 9.17) is 10.6 Å². The Balaban J connectivity index is 1.96. The van der Waals surface area contributed by atoms with Gasteiger partial charge < -0.3 is 9.57 Å². The van der Waals surface area contributed by atoms with Crippen molar-refractivity contribution in [1.29, 1.82) is 0 Å². The van der Waals surface area contributed by atoms with Crippen LogP contribution in [-0.2, 0) is 20.8 Å². The molecule has 17 heavy (non-hydrogen) atoms. The molecule has 0 saturated carbocycles. The highest BCUT2D eigenvalue weighted by Gasteiger charge is 2.01. The Labute approximate surface area is 101 Å². The van der Waals surface area contributed by atoms with Crippen LogP contribution in [0.15, 0.2) is 30.3 Å². The van der Waals surface area contributed by atoms with Crippen LogP contribution in [0.4, 0.5) is 0 Å². The molecular formula is C12H18N2O3. The van der Waals surface area contributed by atoms with E-state index in [1.54, 1.807) is 0 Å². The molecule has 0 aliphatic rings. The number of carbonyl (C=O) groups is 1. The Morgan fingerprint density at radius 2 is 2.00 bits per heavy atom. The molecule has 1 aromatic rings. The van der Waals surface area contributed by atoms with Crippen molar-refractivity contribution < 1.29 is 14.4 Å². The van der Waals surface area contributed by atoms with Gasteiger partial charge in [-0.15, -0.1) is 0 Å². The van der Waals surface area contributed by atoms with Gasteiger partial charge in [-0.1, -0.05) is 35.9 Å². The molecule has 5 heteroatoms. The number of nitrogens with two attached hydrogens (primary N) is 1. The van der Waals surface area contributed by atoms with Crippen molar-refractivity contribution in [3.63, 3.8) is 0 Å². The third-order valence-corrected chi connectivity index (χ3v) is 2.22. The fraction of sp³-hybridized carbons (Fsp3) is 0.417. The summed E-state index contributed by atoms with van der Waals surface area (Å²) >= 11 is 0. The van der Waals surface area contributed by atoms with Crippen LogP contribution in [0.3, 0.4) is 0 Å². The second kappa shape index (κ2) is 8.69. The number of rotatable bonds is 8. The van der Waals surface area contributed by atoms with E-state index in [2.05, 4.69) is 17.0 Å². The number of hydrogen-bond acceptors (Lipinski definition) is 5. The molecule has 0 fully saturated rings. The lowest BCUT2D eigenvalue weighted by Gasteiger charge is -2.04. The van der Waals surface area contributed by atoms with Crippen molar-refractivity contribution in [3.8, 4) is 0 Å². The van der Waals surface area contributed by atoms with Crippen molar-refractivity contribution in [2.75, 3.05) is 13.2 Å². The number of nitrogens with one attached hydrogen (secondary N) is 1. The summed E-state index contributed by atoms with van der Waals surface area (Å²) in [7, 11) is 0. The fourth-order valence-corrected chi connectivity index (χ4v) is 1.40. The monoisotopic (exact) mass is 238 g/mol. The minimum absolute atomic E-state index is 0.204. The molecule has 0 unspecified atom stereocenters. The minimum atomic E-state index is -0.421. The number of benzene rings is 1. The molecule has 94 valence electrons. The van der Waals surface area contributed by atoms with Crippen molar-refractivity contribution in [1.82, 2.24) is 5.59 Å². The summed E-state index contributed by atoms with van der Waals surface area (Å²) < 4.78 is 5.30. The molecule has 0 saturated heterocycles. The maximum Gasteiger partial charge on any atom is 0.328 e. The van der Waals surface area contributed by atoms with Crippen LogP contribution in [0.2, 0.25) is 0 Å². The number of ether oxygens (including phenoxy) is 1. The summed E-state index contributed by atoms with van der Waals surface area (Å²) in [6.45, 7) is 0.994. The van der Waals surface area contributed by atoms with Gasteiger partial charge in [0.2, 0.25) is 0 Å². The van der Waals surface area contributed by atoms with E-state index in [9.17, 15) is 4.79 Å². The van der Waals surface area contributed by atoms with Gasteiger partial charge in [-0.2, -0.15) is 0 Å². The molecule has 0 aromatic heterocycles. The maximum absolute atomic E-state index is 10.9. The molecule has 0 radical (unpaired) electrons. The van der Waals surface area contributed by atoms with Crippen LogP contribution in [0, 0.1) is 0 Å². The average molecular weight is 238 g/mol. The van der Waals surface area contributed by atoms with Crippen LogP contribution < -0.4 is 11.4 Å². The summed E-state index contributed by atoms with van der Waals surface area (Å²) in [5.41, 5.74) is 3.13. The van der Waals surface area contributed by atoms with Crippen LogP contribution in [0.1, 0.15) is 18.4 Å². The second-order valence-corrected chi connectivity index (χ2v) is 3.54. The molecule has 3 N–H and O–H groups in total. The highest BCUT2D eigenvalue weighted by atomic mass is 16.7. The molecule has 0 aliphatic carbocycles. The Kier molecular flexibility index (Phi) is 6.97. The Morgan fingerprint density at radius 1 is 1.24 bits per heavy atom. The summed E-state index contributed by atoms with van der Waals surface area (Å²) in [6, 6.07) is 10.2. The summed E-state index contributed by atoms with van der Waals surface area (Å²) in [4.78, 5) is 15.2. The maximum atomic E-state index is 10.9. The minimum Gasteiger partial charge on any atom is -0.381 e. The molecule has 5 nitrogen and oxygen atoms in total. The Bertz CT molecular complexity index is 317. The first-order chi connectivity index (χ1) is 8.33. The van der Waals surface area contributed by atoms with Crippen LogP contribution in [0.25, 0.3) is 0 Å². The molecule has 1 aromatic carbocycles. The fourth-order valence-electron chi connectivity index (χ4n) is 1.40. The predicted octanol–water partition coefficient (Wildman–Crippen LogP) is 0.947. The zero-order valence-electron chi connectivity index (χ0n) is 9.72. The lowest BCUT2D eigenvalue weighted by atomic mass is 10.1. The number of hydrogen-bond donors (Lipinski definition) is 2. The van der Waals surface area contributed by atoms with Gasteiger partial charge >= 0.3 is 5.97 Å². The Morgan fingerprint density at radius 3 is 2.71 bits per heavy atom. The molecule has 1 rings (SSSR count). The molecule has 0 heterocycles. The van der Waals surface area contributed by atoms with Gasteiger partial charge in [-0.05, 0) is 18.4 Å². The summed E-state index contributed by atoms with van der Waals surface area (Å²) in [6.07, 6.45) is 2.12. The largest absolute Gasteiger partial charge is 0.381 e. The number of hydrazine groups is 1. The quantitative estimate of drug-likeness (QED) is 0.400. The molecule has 0 spiro atoms. The zero-order valence-corrected chi connectivity index (χ0v) is 9.72. The molecule has 0 amide bonds. The number of carbonyl (C=O) groups excluding carboxylic acids is 1. The van der Waals surface area contributed by atoms with Gasteiger partial charge in [-0.3, -0.25) is 4.79 Å². The molecular weight excluding hydrogens is 220 g/mol. The van der Waals surface area contributed by atoms with Crippen molar-refractivity contribution in [2.45, 2.75) is 19.3 Å². The van der Waals surface area contributed by atoms with E-state index in [0.717, 1.165) is 12.8 Å². The highest BCUT2D eigenvalue weighted by Crippen LogP contribution is 2.02. The van der Waals surface area contributed by atoms with Gasteiger partial charge in [0.15, 0.2) is 0 Å². The second-order valence-electron chi connectivity index (χ2n) is 3.54. The SMILES string of the molecule is NNOC(=O)CCOCCCc1ccccc1. The molecule has 0 aliphatic heterocycles. The first-order valence-corrected chi connectivity index (χ1v) is 5.60. The van der Waals surface area contributed by atoms with Crippen LogP contribution in [-0.4, -0.2) is 19.2 Å². The number of aryl methyl sites for hydroxylation is 1. The van der Waals surface area contributed by atoms with Crippen molar-refractivity contribution >= 4 is 5.97 Å². The van der Waals surface area contributed by atoms with E-state index in [0.29, 0.717) is 13.2 Å². The van der Waals surface area contributed by atoms with E-state index < -0.39 is 5.97 Å². The van der Waals surface area contributed by atoms with Gasteiger partial charge in [0.05, 0.1) is 13.0 Å². The summed E-state index contributed by atoms with van der Waals surface area (Å²) in [5, 5.41) is 0. The van der Waals surface area contributed by atoms with E-state index in [1.807, 2.05) is 23.8 Å². The van der Waals surface area contributed by atoms with E-state index in [-0.39, 0.29) is 6.42 Å². The standard InChI is InChI=1S/C12H18N2O3/c13-14-17-12(15)8-10-16-9-4-7-11-5-2-1-3-6-11/h1-3,5-6,14H,4,7-10,13H2. The highest BCUT2D eigenvalue weighted by molar-refractivity contribution is 5.69. The summed E-state index contributed by atoms with van der Waals surface area (Å²) in [5.74, 6) is 4.39. The first kappa shape index (κ1) is 13.6. The van der Waals surface area contributed by atoms with Gasteiger partial charge in [0.1, 0.15) is 0 Å². The van der Waals surface area contributed by atoms with E-state index >= 15 is 0 Å². The normalized spacial score (nSPS) is 10.2. The topological polar surface area (TPSA) is 73.6 Å².